The molecule has 1 fully saturated rings. The third-order valence-electron chi connectivity index (χ3n) is 4.20. The summed E-state index contributed by atoms with van der Waals surface area (Å²) in [7, 11) is 4.67. The summed E-state index contributed by atoms with van der Waals surface area (Å²) >= 11 is 0. The number of carbonyl (C=O) groups excluding carboxylic acids is 1. The van der Waals surface area contributed by atoms with Crippen LogP contribution in [0.2, 0.25) is 0 Å². The summed E-state index contributed by atoms with van der Waals surface area (Å²) in [6.07, 6.45) is 2.03. The monoisotopic (exact) mass is 338 g/mol. The Morgan fingerprint density at radius 2 is 1.96 bits per heavy atom. The van der Waals surface area contributed by atoms with E-state index in [-0.39, 0.29) is 22.7 Å². The zero-order valence-corrected chi connectivity index (χ0v) is 14.1. The van der Waals surface area contributed by atoms with Crippen LogP contribution >= 0.6 is 0 Å². The second kappa shape index (κ2) is 7.96. The molecule has 1 aliphatic rings. The normalized spacial score (nSPS) is 15.8. The molecule has 1 aliphatic heterocycles. The highest BCUT2D eigenvalue weighted by atomic mass is 16.6. The van der Waals surface area contributed by atoms with Gasteiger partial charge in [-0.2, -0.15) is 0 Å². The fraction of sp³-hybridized carbons (Fsp3) is 0.562. The van der Waals surface area contributed by atoms with Crippen molar-refractivity contribution < 1.29 is 23.9 Å². The Balaban J connectivity index is 2.20. The van der Waals surface area contributed by atoms with Crippen molar-refractivity contribution in [1.82, 2.24) is 4.90 Å². The van der Waals surface area contributed by atoms with Crippen molar-refractivity contribution in [3.8, 4) is 11.5 Å². The van der Waals surface area contributed by atoms with Gasteiger partial charge in [-0.05, 0) is 38.9 Å². The number of likely N-dealkylation sites (tertiary alicyclic amines) is 1. The molecule has 0 atom stereocenters. The molecule has 1 heterocycles. The predicted molar refractivity (Wildman–Crippen MR) is 86.7 cm³/mol. The number of methoxy groups -OCH3 is 2. The first-order chi connectivity index (χ1) is 11.5. The molecule has 24 heavy (non-hydrogen) atoms. The van der Waals surface area contributed by atoms with Crippen LogP contribution in [-0.2, 0) is 4.74 Å². The van der Waals surface area contributed by atoms with Gasteiger partial charge < -0.3 is 19.1 Å². The van der Waals surface area contributed by atoms with Gasteiger partial charge in [-0.1, -0.05) is 0 Å². The molecule has 0 N–H and O–H groups in total. The van der Waals surface area contributed by atoms with Crippen molar-refractivity contribution in [3.63, 3.8) is 0 Å². The SMILES string of the molecule is COC(=O)c1cc(OC)c(OCC2CCN(C)CC2)cc1[N+](=O)[O-]. The lowest BCUT2D eigenvalue weighted by Crippen LogP contribution is -2.32. The average Bonchev–Trinajstić information content (AvgIpc) is 2.59. The maximum atomic E-state index is 11.7. The standard InChI is InChI=1S/C16H22N2O6/c1-17-6-4-11(5-7-17)10-24-15-9-13(18(20)21)12(16(19)23-3)8-14(15)22-2/h8-9,11H,4-7,10H2,1-3H3. The van der Waals surface area contributed by atoms with Gasteiger partial charge in [-0.3, -0.25) is 10.1 Å². The molecule has 0 aromatic heterocycles. The van der Waals surface area contributed by atoms with E-state index in [1.165, 1.54) is 26.4 Å². The number of hydrogen-bond acceptors (Lipinski definition) is 7. The third-order valence-corrected chi connectivity index (χ3v) is 4.20. The van der Waals surface area contributed by atoms with Crippen LogP contribution in [0.1, 0.15) is 23.2 Å². The molecule has 8 nitrogen and oxygen atoms in total. The highest BCUT2D eigenvalue weighted by Crippen LogP contribution is 2.35. The van der Waals surface area contributed by atoms with E-state index in [2.05, 4.69) is 16.7 Å². The molecule has 2 rings (SSSR count). The van der Waals surface area contributed by atoms with E-state index < -0.39 is 10.9 Å². The molecule has 0 amide bonds. The van der Waals surface area contributed by atoms with Gasteiger partial charge in [0.2, 0.25) is 0 Å². The summed E-state index contributed by atoms with van der Waals surface area (Å²) in [5.41, 5.74) is -0.521. The van der Waals surface area contributed by atoms with E-state index in [1.54, 1.807) is 0 Å². The molecule has 0 unspecified atom stereocenters. The summed E-state index contributed by atoms with van der Waals surface area (Å²) in [5, 5.41) is 11.2. The number of nitrogens with zero attached hydrogens (tertiary/aromatic N) is 2. The number of hydrogen-bond donors (Lipinski definition) is 0. The minimum absolute atomic E-state index is 0.161. The van der Waals surface area contributed by atoms with Crippen LogP contribution in [0.15, 0.2) is 12.1 Å². The number of piperidine rings is 1. The fourth-order valence-corrected chi connectivity index (χ4v) is 2.68. The minimum Gasteiger partial charge on any atom is -0.493 e. The molecule has 132 valence electrons. The lowest BCUT2D eigenvalue weighted by atomic mass is 9.98. The molecule has 8 heteroatoms. The first kappa shape index (κ1) is 18.0. The number of nitro benzene ring substituents is 1. The fourth-order valence-electron chi connectivity index (χ4n) is 2.68. The molecular weight excluding hydrogens is 316 g/mol. The van der Waals surface area contributed by atoms with E-state index in [4.69, 9.17) is 9.47 Å². The largest absolute Gasteiger partial charge is 0.493 e. The molecule has 0 aliphatic carbocycles. The number of carbonyl (C=O) groups is 1. The Labute approximate surface area is 140 Å². The number of nitro groups is 1. The third kappa shape index (κ3) is 4.14. The van der Waals surface area contributed by atoms with Gasteiger partial charge in [0.1, 0.15) is 5.56 Å². The van der Waals surface area contributed by atoms with Crippen molar-refractivity contribution >= 4 is 11.7 Å². The Morgan fingerprint density at radius 3 is 2.50 bits per heavy atom. The Morgan fingerprint density at radius 1 is 1.29 bits per heavy atom. The molecule has 1 saturated heterocycles. The maximum Gasteiger partial charge on any atom is 0.345 e. The van der Waals surface area contributed by atoms with Crippen LogP contribution < -0.4 is 9.47 Å². The van der Waals surface area contributed by atoms with Gasteiger partial charge in [-0.25, -0.2) is 4.79 Å². The summed E-state index contributed by atoms with van der Waals surface area (Å²) in [4.78, 5) is 24.6. The second-order valence-corrected chi connectivity index (χ2v) is 5.83. The van der Waals surface area contributed by atoms with Gasteiger partial charge in [-0.15, -0.1) is 0 Å². The summed E-state index contributed by atoms with van der Waals surface area (Å²) in [6, 6.07) is 2.51. The smallest absolute Gasteiger partial charge is 0.345 e. The Kier molecular flexibility index (Phi) is 5.97. The van der Waals surface area contributed by atoms with E-state index >= 15 is 0 Å². The summed E-state index contributed by atoms with van der Waals surface area (Å²) < 4.78 is 15.6. The average molecular weight is 338 g/mol. The van der Waals surface area contributed by atoms with Gasteiger partial charge in [0.25, 0.3) is 5.69 Å². The van der Waals surface area contributed by atoms with Gasteiger partial charge in [0.15, 0.2) is 11.5 Å². The molecular formula is C16H22N2O6. The second-order valence-electron chi connectivity index (χ2n) is 5.83. The van der Waals surface area contributed by atoms with Crippen molar-refractivity contribution in [3.05, 3.63) is 27.8 Å². The summed E-state index contributed by atoms with van der Waals surface area (Å²) in [6.45, 7) is 2.47. The number of esters is 1. The van der Waals surface area contributed by atoms with E-state index in [9.17, 15) is 14.9 Å². The van der Waals surface area contributed by atoms with E-state index in [0.29, 0.717) is 12.5 Å². The zero-order chi connectivity index (χ0) is 17.7. The predicted octanol–water partition coefficient (Wildman–Crippen LogP) is 2.11. The maximum absolute atomic E-state index is 11.7. The first-order valence-corrected chi connectivity index (χ1v) is 7.72. The molecule has 0 radical (unpaired) electrons. The van der Waals surface area contributed by atoms with Crippen molar-refractivity contribution in [2.45, 2.75) is 12.8 Å². The van der Waals surface area contributed by atoms with Crippen LogP contribution in [0.25, 0.3) is 0 Å². The molecule has 0 spiro atoms. The molecule has 1 aromatic carbocycles. The lowest BCUT2D eigenvalue weighted by molar-refractivity contribution is -0.385. The number of rotatable bonds is 6. The highest BCUT2D eigenvalue weighted by molar-refractivity contribution is 5.94. The van der Waals surface area contributed by atoms with Crippen molar-refractivity contribution in [2.75, 3.05) is 41.0 Å². The van der Waals surface area contributed by atoms with Gasteiger partial charge in [0, 0.05) is 6.07 Å². The lowest BCUT2D eigenvalue weighted by Gasteiger charge is -2.28. The van der Waals surface area contributed by atoms with Crippen molar-refractivity contribution in [2.24, 2.45) is 5.92 Å². The van der Waals surface area contributed by atoms with Gasteiger partial charge >= 0.3 is 5.97 Å². The quantitative estimate of drug-likeness (QED) is 0.445. The van der Waals surface area contributed by atoms with Crippen LogP contribution in [0.4, 0.5) is 5.69 Å². The van der Waals surface area contributed by atoms with Crippen molar-refractivity contribution in [1.29, 1.82) is 0 Å². The van der Waals surface area contributed by atoms with Crippen LogP contribution in [0, 0.1) is 16.0 Å². The van der Waals surface area contributed by atoms with E-state index in [0.717, 1.165) is 25.9 Å². The number of benzene rings is 1. The Bertz CT molecular complexity index is 611. The molecule has 1 aromatic rings. The van der Waals surface area contributed by atoms with Gasteiger partial charge in [0.05, 0.1) is 31.8 Å². The van der Waals surface area contributed by atoms with E-state index in [1.807, 2.05) is 0 Å². The topological polar surface area (TPSA) is 91.1 Å². The highest BCUT2D eigenvalue weighted by Gasteiger charge is 2.26. The molecule has 0 saturated carbocycles. The summed E-state index contributed by atoms with van der Waals surface area (Å²) in [5.74, 6) is 0.136. The van der Waals surface area contributed by atoms with Crippen LogP contribution in [-0.4, -0.2) is 56.8 Å². The Hall–Kier alpha value is -2.35. The molecule has 0 bridgehead atoms. The zero-order valence-electron chi connectivity index (χ0n) is 14.1. The van der Waals surface area contributed by atoms with Crippen LogP contribution in [0.5, 0.6) is 11.5 Å². The first-order valence-electron chi connectivity index (χ1n) is 7.72. The minimum atomic E-state index is -0.790. The number of ether oxygens (including phenoxy) is 3. The van der Waals surface area contributed by atoms with Crippen LogP contribution in [0.3, 0.4) is 0 Å².